The molecule has 3 aromatic rings. The Morgan fingerprint density at radius 3 is 2.75 bits per heavy atom. The maximum absolute atomic E-state index is 12.4. The van der Waals surface area contributed by atoms with Crippen molar-refractivity contribution in [3.8, 4) is 22.6 Å². The van der Waals surface area contributed by atoms with E-state index in [4.69, 9.17) is 9.47 Å². The molecule has 3 heterocycles. The Morgan fingerprint density at radius 2 is 1.96 bits per heavy atom. The van der Waals surface area contributed by atoms with Gasteiger partial charge in [0, 0.05) is 12.2 Å². The molecule has 1 N–H and O–H groups in total. The number of nitrogens with zero attached hydrogens (tertiary/aromatic N) is 2. The maximum Gasteiger partial charge on any atom is 0.330 e. The second kappa shape index (κ2) is 5.23. The molecule has 1 aliphatic heterocycles. The molecule has 7 nitrogen and oxygen atoms in total. The molecular formula is C17H15N3O4. The van der Waals surface area contributed by atoms with Crippen molar-refractivity contribution in [1.82, 2.24) is 14.5 Å². The van der Waals surface area contributed by atoms with Crippen molar-refractivity contribution in [2.75, 3.05) is 6.79 Å². The third-order valence-corrected chi connectivity index (χ3v) is 4.03. The lowest BCUT2D eigenvalue weighted by atomic mass is 10.0. The summed E-state index contributed by atoms with van der Waals surface area (Å²) in [4.78, 5) is 31.2. The number of nitrogens with one attached hydrogen (secondary N) is 1. The third-order valence-electron chi connectivity index (χ3n) is 4.03. The normalized spacial score (nSPS) is 13.0. The molecule has 0 fully saturated rings. The van der Waals surface area contributed by atoms with Crippen LogP contribution in [0.1, 0.15) is 19.9 Å². The molecule has 0 atom stereocenters. The van der Waals surface area contributed by atoms with Gasteiger partial charge in [0.1, 0.15) is 5.65 Å². The first-order chi connectivity index (χ1) is 11.6. The summed E-state index contributed by atoms with van der Waals surface area (Å²) in [5, 5.41) is 0.379. The van der Waals surface area contributed by atoms with Crippen molar-refractivity contribution in [2.24, 2.45) is 0 Å². The first-order valence-electron chi connectivity index (χ1n) is 7.60. The van der Waals surface area contributed by atoms with Crippen LogP contribution in [0.3, 0.4) is 0 Å². The van der Waals surface area contributed by atoms with Crippen LogP contribution in [-0.4, -0.2) is 21.3 Å². The summed E-state index contributed by atoms with van der Waals surface area (Å²) in [6.07, 6.45) is 1.60. The standard InChI is InChI=1S/C17H15N3O4/c1-9(2)20-15-14(16(21)19-17(20)22)11(5-6-18-15)10-3-4-12-13(7-10)24-8-23-12/h3-7,9H,8H2,1-2H3,(H,19,21,22). The van der Waals surface area contributed by atoms with E-state index in [1.807, 2.05) is 26.0 Å². The topological polar surface area (TPSA) is 86.2 Å². The Labute approximate surface area is 136 Å². The average molecular weight is 325 g/mol. The SMILES string of the molecule is CC(C)n1c(=O)[nH]c(=O)c2c(-c3ccc4c(c3)OCO4)ccnc21. The molecule has 0 unspecified atom stereocenters. The fraction of sp³-hybridized carbons (Fsp3) is 0.235. The van der Waals surface area contributed by atoms with E-state index in [9.17, 15) is 9.59 Å². The van der Waals surface area contributed by atoms with Crippen LogP contribution in [0.15, 0.2) is 40.1 Å². The second-order valence-electron chi connectivity index (χ2n) is 5.85. The molecule has 0 saturated carbocycles. The number of hydrogen-bond donors (Lipinski definition) is 1. The quantitative estimate of drug-likeness (QED) is 0.779. The summed E-state index contributed by atoms with van der Waals surface area (Å²) in [5.74, 6) is 1.30. The van der Waals surface area contributed by atoms with Gasteiger partial charge in [-0.15, -0.1) is 0 Å². The zero-order valence-corrected chi connectivity index (χ0v) is 13.2. The van der Waals surface area contributed by atoms with Crippen molar-refractivity contribution < 1.29 is 9.47 Å². The molecule has 122 valence electrons. The van der Waals surface area contributed by atoms with Crippen LogP contribution >= 0.6 is 0 Å². The van der Waals surface area contributed by atoms with Gasteiger partial charge in [0.15, 0.2) is 11.5 Å². The summed E-state index contributed by atoms with van der Waals surface area (Å²) in [5.41, 5.74) is 0.944. The van der Waals surface area contributed by atoms with Gasteiger partial charge in [-0.2, -0.15) is 0 Å². The monoisotopic (exact) mass is 325 g/mol. The van der Waals surface area contributed by atoms with Crippen molar-refractivity contribution in [2.45, 2.75) is 19.9 Å². The fourth-order valence-electron chi connectivity index (χ4n) is 2.96. The van der Waals surface area contributed by atoms with E-state index < -0.39 is 11.2 Å². The number of rotatable bonds is 2. The lowest BCUT2D eigenvalue weighted by Crippen LogP contribution is -2.32. The van der Waals surface area contributed by atoms with Crippen LogP contribution < -0.4 is 20.7 Å². The van der Waals surface area contributed by atoms with E-state index in [1.165, 1.54) is 4.57 Å². The average Bonchev–Trinajstić information content (AvgIpc) is 3.01. The van der Waals surface area contributed by atoms with Crippen molar-refractivity contribution in [3.05, 3.63) is 51.3 Å². The van der Waals surface area contributed by atoms with Gasteiger partial charge in [-0.3, -0.25) is 14.3 Å². The van der Waals surface area contributed by atoms with Gasteiger partial charge in [0.2, 0.25) is 6.79 Å². The molecule has 1 aromatic carbocycles. The molecular weight excluding hydrogens is 310 g/mol. The highest BCUT2D eigenvalue weighted by Crippen LogP contribution is 2.37. The van der Waals surface area contributed by atoms with Gasteiger partial charge < -0.3 is 9.47 Å². The number of H-pyrrole nitrogens is 1. The van der Waals surface area contributed by atoms with Crippen LogP contribution in [0.4, 0.5) is 0 Å². The molecule has 24 heavy (non-hydrogen) atoms. The minimum Gasteiger partial charge on any atom is -0.454 e. The van der Waals surface area contributed by atoms with E-state index >= 15 is 0 Å². The summed E-state index contributed by atoms with van der Waals surface area (Å²) in [6.45, 7) is 3.92. The Kier molecular flexibility index (Phi) is 3.16. The van der Waals surface area contributed by atoms with Gasteiger partial charge in [0.05, 0.1) is 5.39 Å². The zero-order valence-electron chi connectivity index (χ0n) is 13.2. The van der Waals surface area contributed by atoms with E-state index in [1.54, 1.807) is 18.3 Å². The molecule has 0 aliphatic carbocycles. The van der Waals surface area contributed by atoms with Gasteiger partial charge >= 0.3 is 5.69 Å². The smallest absolute Gasteiger partial charge is 0.330 e. The van der Waals surface area contributed by atoms with Crippen molar-refractivity contribution >= 4 is 11.0 Å². The molecule has 0 saturated heterocycles. The minimum atomic E-state index is -0.460. The molecule has 7 heteroatoms. The highest BCUT2D eigenvalue weighted by molar-refractivity contribution is 5.92. The number of hydrogen-bond acceptors (Lipinski definition) is 5. The maximum atomic E-state index is 12.4. The lowest BCUT2D eigenvalue weighted by Gasteiger charge is -2.14. The Bertz CT molecular complexity index is 1070. The number of aromatic amines is 1. The Morgan fingerprint density at radius 1 is 1.17 bits per heavy atom. The molecule has 0 bridgehead atoms. The summed E-state index contributed by atoms with van der Waals surface area (Å²) >= 11 is 0. The van der Waals surface area contributed by atoms with Gasteiger partial charge in [-0.1, -0.05) is 6.07 Å². The molecule has 0 spiro atoms. The van der Waals surface area contributed by atoms with Gasteiger partial charge in [-0.05, 0) is 43.2 Å². The van der Waals surface area contributed by atoms with Gasteiger partial charge in [-0.25, -0.2) is 9.78 Å². The summed E-state index contributed by atoms with van der Waals surface area (Å²) < 4.78 is 12.2. The van der Waals surface area contributed by atoms with E-state index in [2.05, 4.69) is 9.97 Å². The first kappa shape index (κ1) is 14.5. The van der Waals surface area contributed by atoms with Crippen LogP contribution in [-0.2, 0) is 0 Å². The summed E-state index contributed by atoms with van der Waals surface area (Å²) in [7, 11) is 0. The zero-order chi connectivity index (χ0) is 16.8. The van der Waals surface area contributed by atoms with Crippen molar-refractivity contribution in [3.63, 3.8) is 0 Å². The molecule has 1 aliphatic rings. The predicted molar refractivity (Wildman–Crippen MR) is 88.6 cm³/mol. The van der Waals surface area contributed by atoms with Gasteiger partial charge in [0.25, 0.3) is 5.56 Å². The number of benzene rings is 1. The summed E-state index contributed by atoms with van der Waals surface area (Å²) in [6, 6.07) is 7.10. The fourth-order valence-corrected chi connectivity index (χ4v) is 2.96. The molecule has 0 radical (unpaired) electrons. The minimum absolute atomic E-state index is 0.128. The lowest BCUT2D eigenvalue weighted by molar-refractivity contribution is 0.174. The second-order valence-corrected chi connectivity index (χ2v) is 5.85. The molecule has 2 aromatic heterocycles. The first-order valence-corrected chi connectivity index (χ1v) is 7.60. The van der Waals surface area contributed by atoms with Crippen LogP contribution in [0, 0.1) is 0 Å². The van der Waals surface area contributed by atoms with E-state index in [0.29, 0.717) is 28.1 Å². The Hall–Kier alpha value is -3.09. The Balaban J connectivity index is 2.05. The number of aromatic nitrogens is 3. The van der Waals surface area contributed by atoms with Crippen molar-refractivity contribution in [1.29, 1.82) is 0 Å². The van der Waals surface area contributed by atoms with Crippen LogP contribution in [0.25, 0.3) is 22.2 Å². The van der Waals surface area contributed by atoms with E-state index in [0.717, 1.165) is 5.56 Å². The predicted octanol–water partition coefficient (Wildman–Crippen LogP) is 2.06. The van der Waals surface area contributed by atoms with E-state index in [-0.39, 0.29) is 12.8 Å². The number of ether oxygens (including phenoxy) is 2. The van der Waals surface area contributed by atoms with Crippen LogP contribution in [0.2, 0.25) is 0 Å². The molecule has 4 rings (SSSR count). The van der Waals surface area contributed by atoms with Crippen LogP contribution in [0.5, 0.6) is 11.5 Å². The number of pyridine rings is 1. The highest BCUT2D eigenvalue weighted by Gasteiger charge is 2.18. The third kappa shape index (κ3) is 2.09. The highest BCUT2D eigenvalue weighted by atomic mass is 16.7. The molecule has 0 amide bonds. The number of fused-ring (bicyclic) bond motifs is 2. The largest absolute Gasteiger partial charge is 0.454 e.